The fourth-order valence-electron chi connectivity index (χ4n) is 3.84. The van der Waals surface area contributed by atoms with E-state index >= 15 is 0 Å². The van der Waals surface area contributed by atoms with Crippen LogP contribution in [0.25, 0.3) is 0 Å². The highest BCUT2D eigenvalue weighted by Crippen LogP contribution is 2.30. The third-order valence-electron chi connectivity index (χ3n) is 5.79. The topological polar surface area (TPSA) is 122 Å². The standard InChI is InChI=1S/C25H26FN3O7S2/c1-35-24-12-11-22(37(31,32)28-13-15-36-16-14-28)17-23(24)27-25(30)18-29(20-9-7-19(26)8-10-20)38(33,34)21-5-3-2-4-6-21/h2-12,17H,13-16,18H2,1H3,(H,27,30). The molecule has 38 heavy (non-hydrogen) atoms. The first-order valence-electron chi connectivity index (χ1n) is 11.5. The average molecular weight is 564 g/mol. The Morgan fingerprint density at radius 2 is 1.63 bits per heavy atom. The number of hydrogen-bond acceptors (Lipinski definition) is 7. The van der Waals surface area contributed by atoms with Gasteiger partial charge in [-0.25, -0.2) is 21.2 Å². The van der Waals surface area contributed by atoms with Gasteiger partial charge in [0.05, 0.1) is 41.5 Å². The Labute approximate surface area is 220 Å². The number of sulfonamides is 2. The minimum Gasteiger partial charge on any atom is -0.495 e. The molecular formula is C25H26FN3O7S2. The Kier molecular flexibility index (Phi) is 8.31. The molecule has 1 fully saturated rings. The first-order valence-corrected chi connectivity index (χ1v) is 14.4. The van der Waals surface area contributed by atoms with E-state index in [2.05, 4.69) is 5.32 Å². The summed E-state index contributed by atoms with van der Waals surface area (Å²) in [4.78, 5) is 13.0. The van der Waals surface area contributed by atoms with Gasteiger partial charge in [0, 0.05) is 13.1 Å². The Morgan fingerprint density at radius 1 is 0.974 bits per heavy atom. The molecule has 0 bridgehead atoms. The number of amides is 1. The van der Waals surface area contributed by atoms with Gasteiger partial charge < -0.3 is 14.8 Å². The van der Waals surface area contributed by atoms with E-state index in [0.29, 0.717) is 0 Å². The third kappa shape index (κ3) is 5.96. The van der Waals surface area contributed by atoms with Gasteiger partial charge in [0.2, 0.25) is 15.9 Å². The molecule has 13 heteroatoms. The molecule has 10 nitrogen and oxygen atoms in total. The van der Waals surface area contributed by atoms with Gasteiger partial charge in [0.25, 0.3) is 10.0 Å². The summed E-state index contributed by atoms with van der Waals surface area (Å²) in [6.45, 7) is 0.259. The number of rotatable bonds is 9. The zero-order valence-electron chi connectivity index (χ0n) is 20.4. The lowest BCUT2D eigenvalue weighted by Gasteiger charge is -2.26. The van der Waals surface area contributed by atoms with Crippen molar-refractivity contribution in [2.24, 2.45) is 0 Å². The zero-order valence-corrected chi connectivity index (χ0v) is 22.0. The Balaban J connectivity index is 1.64. The van der Waals surface area contributed by atoms with Crippen LogP contribution in [0.15, 0.2) is 82.6 Å². The number of halogens is 1. The van der Waals surface area contributed by atoms with Crippen LogP contribution in [0.1, 0.15) is 0 Å². The molecule has 3 aromatic rings. The van der Waals surface area contributed by atoms with Crippen molar-refractivity contribution in [3.05, 3.63) is 78.6 Å². The highest BCUT2D eigenvalue weighted by molar-refractivity contribution is 7.92. The molecule has 0 unspecified atom stereocenters. The largest absolute Gasteiger partial charge is 0.495 e. The summed E-state index contributed by atoms with van der Waals surface area (Å²) in [5.74, 6) is -1.16. The smallest absolute Gasteiger partial charge is 0.264 e. The van der Waals surface area contributed by atoms with E-state index in [-0.39, 0.29) is 53.2 Å². The molecule has 0 spiro atoms. The highest BCUT2D eigenvalue weighted by atomic mass is 32.2. The fraction of sp³-hybridized carbons (Fsp3) is 0.240. The van der Waals surface area contributed by atoms with Gasteiger partial charge in [-0.1, -0.05) is 18.2 Å². The van der Waals surface area contributed by atoms with Crippen molar-refractivity contribution < 1.29 is 35.5 Å². The molecule has 1 heterocycles. The fourth-order valence-corrected chi connectivity index (χ4v) is 6.72. The molecule has 202 valence electrons. The first kappa shape index (κ1) is 27.5. The van der Waals surface area contributed by atoms with Crippen LogP contribution in [0.5, 0.6) is 5.75 Å². The molecule has 3 aromatic carbocycles. The summed E-state index contributed by atoms with van der Waals surface area (Å²) in [5, 5.41) is 2.56. The van der Waals surface area contributed by atoms with Gasteiger partial charge in [0.15, 0.2) is 0 Å². The predicted octanol–water partition coefficient (Wildman–Crippen LogP) is 2.69. The summed E-state index contributed by atoms with van der Waals surface area (Å²) in [5.41, 5.74) is 0.115. The van der Waals surface area contributed by atoms with Crippen molar-refractivity contribution in [3.8, 4) is 5.75 Å². The van der Waals surface area contributed by atoms with Crippen LogP contribution in [-0.2, 0) is 29.6 Å². The third-order valence-corrected chi connectivity index (χ3v) is 9.47. The maximum absolute atomic E-state index is 13.6. The van der Waals surface area contributed by atoms with Gasteiger partial charge in [-0.15, -0.1) is 0 Å². The normalized spacial score (nSPS) is 14.6. The molecule has 1 aliphatic heterocycles. The number of nitrogens with zero attached hydrogens (tertiary/aromatic N) is 2. The minimum atomic E-state index is -4.21. The van der Waals surface area contributed by atoms with Crippen LogP contribution in [0.2, 0.25) is 0 Å². The Hall–Kier alpha value is -3.52. The van der Waals surface area contributed by atoms with Crippen molar-refractivity contribution in [1.29, 1.82) is 0 Å². The molecule has 1 aliphatic rings. The van der Waals surface area contributed by atoms with Crippen LogP contribution in [0.4, 0.5) is 15.8 Å². The Bertz CT molecular complexity index is 1490. The predicted molar refractivity (Wildman–Crippen MR) is 139 cm³/mol. The minimum absolute atomic E-state index is 0.0444. The van der Waals surface area contributed by atoms with Crippen LogP contribution in [0.3, 0.4) is 0 Å². The number of carbonyl (C=O) groups excluding carboxylic acids is 1. The van der Waals surface area contributed by atoms with Crippen LogP contribution >= 0.6 is 0 Å². The van der Waals surface area contributed by atoms with E-state index in [1.165, 1.54) is 53.9 Å². The lowest BCUT2D eigenvalue weighted by Crippen LogP contribution is -2.40. The molecule has 0 atom stereocenters. The molecule has 0 aromatic heterocycles. The van der Waals surface area contributed by atoms with E-state index in [1.54, 1.807) is 18.2 Å². The Morgan fingerprint density at radius 3 is 2.26 bits per heavy atom. The highest BCUT2D eigenvalue weighted by Gasteiger charge is 2.29. The average Bonchev–Trinajstić information content (AvgIpc) is 2.93. The number of carbonyl (C=O) groups is 1. The first-order chi connectivity index (χ1) is 18.1. The van der Waals surface area contributed by atoms with Crippen molar-refractivity contribution in [2.75, 3.05) is 49.6 Å². The van der Waals surface area contributed by atoms with E-state index < -0.39 is 38.3 Å². The van der Waals surface area contributed by atoms with Gasteiger partial charge in [-0.05, 0) is 54.6 Å². The number of benzene rings is 3. The van der Waals surface area contributed by atoms with E-state index in [0.717, 1.165) is 16.4 Å². The van der Waals surface area contributed by atoms with Gasteiger partial charge in [-0.2, -0.15) is 4.31 Å². The lowest BCUT2D eigenvalue weighted by atomic mass is 10.3. The van der Waals surface area contributed by atoms with E-state index in [4.69, 9.17) is 9.47 Å². The van der Waals surface area contributed by atoms with E-state index in [9.17, 15) is 26.0 Å². The van der Waals surface area contributed by atoms with Crippen molar-refractivity contribution in [1.82, 2.24) is 4.31 Å². The number of hydrogen-bond donors (Lipinski definition) is 1. The monoisotopic (exact) mass is 563 g/mol. The van der Waals surface area contributed by atoms with Gasteiger partial charge in [-0.3, -0.25) is 9.10 Å². The molecule has 1 amide bonds. The van der Waals surface area contributed by atoms with Crippen LogP contribution in [0, 0.1) is 5.82 Å². The number of methoxy groups -OCH3 is 1. The van der Waals surface area contributed by atoms with Crippen LogP contribution < -0.4 is 14.4 Å². The second kappa shape index (κ2) is 11.5. The molecule has 0 aliphatic carbocycles. The second-order valence-electron chi connectivity index (χ2n) is 8.23. The summed E-state index contributed by atoms with van der Waals surface area (Å²) in [6, 6.07) is 16.2. The van der Waals surface area contributed by atoms with E-state index in [1.807, 2.05) is 0 Å². The molecule has 0 saturated carbocycles. The summed E-state index contributed by atoms with van der Waals surface area (Å²) < 4.78 is 79.2. The SMILES string of the molecule is COc1ccc(S(=O)(=O)N2CCOCC2)cc1NC(=O)CN(c1ccc(F)cc1)S(=O)(=O)c1ccccc1. The van der Waals surface area contributed by atoms with Crippen molar-refractivity contribution >= 4 is 37.3 Å². The molecule has 4 rings (SSSR count). The summed E-state index contributed by atoms with van der Waals surface area (Å²) in [7, 11) is -6.73. The number of ether oxygens (including phenoxy) is 2. The number of anilines is 2. The van der Waals surface area contributed by atoms with Crippen molar-refractivity contribution in [3.63, 3.8) is 0 Å². The van der Waals surface area contributed by atoms with Crippen LogP contribution in [-0.4, -0.2) is 67.0 Å². The molecule has 0 radical (unpaired) electrons. The number of morpholine rings is 1. The summed E-state index contributed by atoms with van der Waals surface area (Å²) in [6.07, 6.45) is 0. The quantitative estimate of drug-likeness (QED) is 0.425. The van der Waals surface area contributed by atoms with Gasteiger partial charge in [0.1, 0.15) is 18.1 Å². The molecule has 1 N–H and O–H groups in total. The molecular weight excluding hydrogens is 537 g/mol. The van der Waals surface area contributed by atoms with Gasteiger partial charge >= 0.3 is 0 Å². The lowest BCUT2D eigenvalue weighted by molar-refractivity contribution is -0.114. The second-order valence-corrected chi connectivity index (χ2v) is 12.0. The number of nitrogens with one attached hydrogen (secondary N) is 1. The maximum Gasteiger partial charge on any atom is 0.264 e. The van der Waals surface area contributed by atoms with Crippen molar-refractivity contribution in [2.45, 2.75) is 9.79 Å². The summed E-state index contributed by atoms with van der Waals surface area (Å²) >= 11 is 0. The molecule has 1 saturated heterocycles. The zero-order chi connectivity index (χ0) is 27.3. The maximum atomic E-state index is 13.6.